The van der Waals surface area contributed by atoms with Gasteiger partial charge in [-0.3, -0.25) is 4.90 Å². The average Bonchev–Trinajstić information content (AvgIpc) is 2.55. The Morgan fingerprint density at radius 1 is 1.12 bits per heavy atom. The van der Waals surface area contributed by atoms with E-state index in [1.807, 2.05) is 18.2 Å². The number of likely N-dealkylation sites (tertiary alicyclic amines) is 1. The molecule has 0 aliphatic carbocycles. The molecule has 134 valence electrons. The molecule has 24 heavy (non-hydrogen) atoms. The van der Waals surface area contributed by atoms with Crippen molar-refractivity contribution in [3.05, 3.63) is 29.8 Å². The number of sulfonamides is 1. The zero-order valence-corrected chi connectivity index (χ0v) is 15.5. The smallest absolute Gasteiger partial charge is 0.243 e. The average molecular weight is 353 g/mol. The molecule has 5 nitrogen and oxygen atoms in total. The van der Waals surface area contributed by atoms with Crippen molar-refractivity contribution < 1.29 is 13.2 Å². The maximum Gasteiger partial charge on any atom is 0.243 e. The number of rotatable bonds is 4. The highest BCUT2D eigenvalue weighted by Crippen LogP contribution is 2.30. The molecule has 0 unspecified atom stereocenters. The molecule has 1 aromatic rings. The van der Waals surface area contributed by atoms with E-state index in [4.69, 9.17) is 4.74 Å². The van der Waals surface area contributed by atoms with Gasteiger partial charge < -0.3 is 4.74 Å². The second kappa shape index (κ2) is 7.12. The highest BCUT2D eigenvalue weighted by Gasteiger charge is 2.30. The van der Waals surface area contributed by atoms with Crippen molar-refractivity contribution >= 4 is 10.0 Å². The van der Waals surface area contributed by atoms with Gasteiger partial charge in [-0.05, 0) is 36.4 Å². The van der Waals surface area contributed by atoms with E-state index < -0.39 is 10.0 Å². The Kier molecular flexibility index (Phi) is 5.30. The zero-order valence-electron chi connectivity index (χ0n) is 14.7. The molecule has 0 N–H and O–H groups in total. The Bertz CT molecular complexity index is 667. The Morgan fingerprint density at radius 2 is 1.83 bits per heavy atom. The lowest BCUT2D eigenvalue weighted by atomic mass is 9.84. The van der Waals surface area contributed by atoms with Gasteiger partial charge in [-0.1, -0.05) is 32.0 Å². The summed E-state index contributed by atoms with van der Waals surface area (Å²) in [5.41, 5.74) is 1.21. The van der Waals surface area contributed by atoms with Crippen LogP contribution in [0.2, 0.25) is 0 Å². The van der Waals surface area contributed by atoms with Crippen LogP contribution >= 0.6 is 0 Å². The number of ether oxygens (including phenoxy) is 1. The first-order valence-corrected chi connectivity index (χ1v) is 10.2. The monoisotopic (exact) mass is 352 g/mol. The Hall–Kier alpha value is -0.950. The quantitative estimate of drug-likeness (QED) is 0.834. The van der Waals surface area contributed by atoms with Gasteiger partial charge in [0.1, 0.15) is 0 Å². The predicted molar refractivity (Wildman–Crippen MR) is 94.3 cm³/mol. The van der Waals surface area contributed by atoms with Gasteiger partial charge >= 0.3 is 0 Å². The number of nitrogens with zero attached hydrogens (tertiary/aromatic N) is 2. The van der Waals surface area contributed by atoms with Gasteiger partial charge in [0.2, 0.25) is 10.0 Å². The predicted octanol–water partition coefficient (Wildman–Crippen LogP) is 2.33. The fourth-order valence-electron chi connectivity index (χ4n) is 3.73. The summed E-state index contributed by atoms with van der Waals surface area (Å²) in [6.45, 7) is 9.15. The Balaban J connectivity index is 1.82. The molecule has 0 radical (unpaired) electrons. The number of hydrogen-bond acceptors (Lipinski definition) is 4. The van der Waals surface area contributed by atoms with Gasteiger partial charge in [0.25, 0.3) is 0 Å². The van der Waals surface area contributed by atoms with Crippen LogP contribution in [-0.2, 0) is 21.3 Å². The molecular weight excluding hydrogens is 324 g/mol. The van der Waals surface area contributed by atoms with Gasteiger partial charge in [-0.15, -0.1) is 0 Å². The van der Waals surface area contributed by atoms with Gasteiger partial charge in [-0.2, -0.15) is 4.31 Å². The Labute approximate surface area is 145 Å². The van der Waals surface area contributed by atoms with E-state index in [0.29, 0.717) is 43.2 Å². The SMILES string of the molecule is CC1(C)CCCN(Cc2ccccc2S(=O)(=O)N2CCOCC2)C1. The molecule has 0 spiro atoms. The fourth-order valence-corrected chi connectivity index (χ4v) is 5.36. The minimum absolute atomic E-state index is 0.302. The van der Waals surface area contributed by atoms with Gasteiger partial charge in [0.05, 0.1) is 18.1 Å². The third-order valence-electron chi connectivity index (χ3n) is 4.93. The zero-order chi connectivity index (χ0) is 17.2. The minimum Gasteiger partial charge on any atom is -0.379 e. The molecule has 2 heterocycles. The second-order valence-corrected chi connectivity index (χ2v) is 9.51. The van der Waals surface area contributed by atoms with Crippen molar-refractivity contribution in [1.29, 1.82) is 0 Å². The molecule has 0 bridgehead atoms. The van der Waals surface area contributed by atoms with Crippen LogP contribution in [0.4, 0.5) is 0 Å². The standard InChI is InChI=1S/C18H28N2O3S/c1-18(2)8-5-9-19(15-18)14-16-6-3-4-7-17(16)24(21,22)20-10-12-23-13-11-20/h3-4,6-7H,5,8-15H2,1-2H3. The molecule has 1 aromatic carbocycles. The van der Waals surface area contributed by atoms with E-state index in [2.05, 4.69) is 18.7 Å². The molecule has 2 fully saturated rings. The maximum absolute atomic E-state index is 13.0. The third kappa shape index (κ3) is 3.99. The summed E-state index contributed by atoms with van der Waals surface area (Å²) in [6.07, 6.45) is 2.41. The first-order chi connectivity index (χ1) is 11.4. The Morgan fingerprint density at radius 3 is 2.54 bits per heavy atom. The molecule has 6 heteroatoms. The lowest BCUT2D eigenvalue weighted by molar-refractivity contribution is 0.0729. The van der Waals surface area contributed by atoms with Crippen molar-refractivity contribution in [2.24, 2.45) is 5.41 Å². The molecule has 0 atom stereocenters. The van der Waals surface area contributed by atoms with Crippen LogP contribution < -0.4 is 0 Å². The maximum atomic E-state index is 13.0. The van der Waals surface area contributed by atoms with Crippen molar-refractivity contribution in [3.8, 4) is 0 Å². The van der Waals surface area contributed by atoms with Crippen molar-refractivity contribution in [2.75, 3.05) is 39.4 Å². The topological polar surface area (TPSA) is 49.9 Å². The molecule has 3 rings (SSSR count). The van der Waals surface area contributed by atoms with E-state index in [1.54, 1.807) is 10.4 Å². The third-order valence-corrected chi connectivity index (χ3v) is 6.93. The first kappa shape index (κ1) is 17.9. The number of benzene rings is 1. The van der Waals surface area contributed by atoms with E-state index in [1.165, 1.54) is 12.8 Å². The lowest BCUT2D eigenvalue weighted by Gasteiger charge is -2.38. The van der Waals surface area contributed by atoms with E-state index in [0.717, 1.165) is 18.7 Å². The fraction of sp³-hybridized carbons (Fsp3) is 0.667. The summed E-state index contributed by atoms with van der Waals surface area (Å²) in [4.78, 5) is 2.84. The first-order valence-electron chi connectivity index (χ1n) is 8.77. The summed E-state index contributed by atoms with van der Waals surface area (Å²) >= 11 is 0. The van der Waals surface area contributed by atoms with Gasteiger partial charge in [0.15, 0.2) is 0 Å². The molecule has 0 aromatic heterocycles. The molecular formula is C18H28N2O3S. The van der Waals surface area contributed by atoms with Crippen LogP contribution in [0.5, 0.6) is 0 Å². The van der Waals surface area contributed by atoms with Crippen molar-refractivity contribution in [2.45, 2.75) is 38.1 Å². The number of morpholine rings is 1. The van der Waals surface area contributed by atoms with Crippen LogP contribution in [0, 0.1) is 5.41 Å². The van der Waals surface area contributed by atoms with Gasteiger partial charge in [0, 0.05) is 26.2 Å². The van der Waals surface area contributed by atoms with Crippen LogP contribution in [0.3, 0.4) is 0 Å². The summed E-state index contributed by atoms with van der Waals surface area (Å²) in [5, 5.41) is 0. The normalized spacial score (nSPS) is 23.2. The minimum atomic E-state index is -3.45. The largest absolute Gasteiger partial charge is 0.379 e. The number of hydrogen-bond donors (Lipinski definition) is 0. The van der Waals surface area contributed by atoms with Gasteiger partial charge in [-0.25, -0.2) is 8.42 Å². The van der Waals surface area contributed by atoms with E-state index in [9.17, 15) is 8.42 Å². The highest BCUT2D eigenvalue weighted by molar-refractivity contribution is 7.89. The van der Waals surface area contributed by atoms with Crippen LogP contribution in [0.25, 0.3) is 0 Å². The van der Waals surface area contributed by atoms with E-state index in [-0.39, 0.29) is 0 Å². The molecule has 2 aliphatic heterocycles. The van der Waals surface area contributed by atoms with Crippen LogP contribution in [-0.4, -0.2) is 57.0 Å². The summed E-state index contributed by atoms with van der Waals surface area (Å²) in [6, 6.07) is 7.45. The lowest BCUT2D eigenvalue weighted by Crippen LogP contribution is -2.42. The van der Waals surface area contributed by atoms with Crippen molar-refractivity contribution in [1.82, 2.24) is 9.21 Å². The molecule has 2 aliphatic rings. The molecule has 2 saturated heterocycles. The summed E-state index contributed by atoms with van der Waals surface area (Å²) in [5.74, 6) is 0. The van der Waals surface area contributed by atoms with E-state index >= 15 is 0 Å². The molecule has 0 amide bonds. The summed E-state index contributed by atoms with van der Waals surface area (Å²) in [7, 11) is -3.45. The van der Waals surface area contributed by atoms with Crippen molar-refractivity contribution in [3.63, 3.8) is 0 Å². The second-order valence-electron chi connectivity index (χ2n) is 7.60. The number of piperidine rings is 1. The highest BCUT2D eigenvalue weighted by atomic mass is 32.2. The molecule has 0 saturated carbocycles. The van der Waals surface area contributed by atoms with Crippen LogP contribution in [0.1, 0.15) is 32.3 Å². The summed E-state index contributed by atoms with van der Waals surface area (Å²) < 4.78 is 32.9. The van der Waals surface area contributed by atoms with Crippen LogP contribution in [0.15, 0.2) is 29.2 Å².